The molecular formula is C14H9ClN2O2. The van der Waals surface area contributed by atoms with E-state index in [2.05, 4.69) is 5.16 Å². The molecule has 0 spiro atoms. The molecule has 1 heterocycles. The van der Waals surface area contributed by atoms with E-state index in [0.717, 1.165) is 0 Å². The first-order valence-electron chi connectivity index (χ1n) is 5.66. The molecule has 2 aromatic carbocycles. The van der Waals surface area contributed by atoms with Crippen LogP contribution in [0.25, 0.3) is 22.8 Å². The van der Waals surface area contributed by atoms with Gasteiger partial charge in [0.15, 0.2) is 5.16 Å². The van der Waals surface area contributed by atoms with Gasteiger partial charge in [-0.3, -0.25) is 0 Å². The first-order valence-corrected chi connectivity index (χ1v) is 6.04. The Bertz CT molecular complexity index is 693. The molecule has 0 aliphatic rings. The molecule has 0 saturated carbocycles. The van der Waals surface area contributed by atoms with E-state index in [0.29, 0.717) is 20.9 Å². The van der Waals surface area contributed by atoms with Crippen LogP contribution < -0.4 is 4.73 Å². The fraction of sp³-hybridized carbons (Fsp3) is 0. The Labute approximate surface area is 114 Å². The fourth-order valence-corrected chi connectivity index (χ4v) is 1.90. The summed E-state index contributed by atoms with van der Waals surface area (Å²) in [6.45, 7) is 0. The van der Waals surface area contributed by atoms with Crippen LogP contribution in [-0.4, -0.2) is 5.16 Å². The smallest absolute Gasteiger partial charge is 0.383 e. The van der Waals surface area contributed by atoms with Gasteiger partial charge in [-0.05, 0) is 36.4 Å². The van der Waals surface area contributed by atoms with Crippen molar-refractivity contribution in [3.05, 3.63) is 64.8 Å². The minimum atomic E-state index is 0.149. The van der Waals surface area contributed by atoms with Crippen molar-refractivity contribution in [1.29, 1.82) is 0 Å². The minimum Gasteiger partial charge on any atom is -0.708 e. The van der Waals surface area contributed by atoms with E-state index >= 15 is 0 Å². The number of hydrogen-bond donors (Lipinski definition) is 0. The molecule has 0 aliphatic carbocycles. The van der Waals surface area contributed by atoms with Crippen LogP contribution in [0.1, 0.15) is 0 Å². The summed E-state index contributed by atoms with van der Waals surface area (Å²) in [5.74, 6) is 0.390. The zero-order valence-electron chi connectivity index (χ0n) is 9.79. The first-order chi connectivity index (χ1) is 9.25. The lowest BCUT2D eigenvalue weighted by atomic mass is 10.2. The number of rotatable bonds is 2. The molecular weight excluding hydrogens is 264 g/mol. The minimum absolute atomic E-state index is 0.149. The molecule has 94 valence electrons. The highest BCUT2D eigenvalue weighted by molar-refractivity contribution is 6.30. The van der Waals surface area contributed by atoms with Crippen LogP contribution in [0.5, 0.6) is 0 Å². The molecule has 0 unspecified atom stereocenters. The Hall–Kier alpha value is -2.33. The summed E-state index contributed by atoms with van der Waals surface area (Å²) < 4.78 is 5.81. The Morgan fingerprint density at radius 1 is 0.947 bits per heavy atom. The molecule has 0 radical (unpaired) electrons. The molecule has 0 bridgehead atoms. The molecule has 1 aromatic heterocycles. The summed E-state index contributed by atoms with van der Waals surface area (Å²) in [4.78, 5) is 0. The van der Waals surface area contributed by atoms with Gasteiger partial charge >= 0.3 is 11.7 Å². The average Bonchev–Trinajstić information content (AvgIpc) is 2.83. The highest BCUT2D eigenvalue weighted by atomic mass is 35.5. The summed E-state index contributed by atoms with van der Waals surface area (Å²) in [7, 11) is 0. The van der Waals surface area contributed by atoms with Crippen molar-refractivity contribution in [3.63, 3.8) is 0 Å². The molecule has 5 heteroatoms. The van der Waals surface area contributed by atoms with Crippen molar-refractivity contribution < 1.29 is 9.25 Å². The van der Waals surface area contributed by atoms with Crippen LogP contribution in [0.15, 0.2) is 59.1 Å². The molecule has 0 fully saturated rings. The molecule has 3 aromatic rings. The van der Waals surface area contributed by atoms with Gasteiger partial charge in [-0.2, -0.15) is 4.73 Å². The second-order valence-corrected chi connectivity index (χ2v) is 4.42. The van der Waals surface area contributed by atoms with E-state index in [1.54, 1.807) is 36.4 Å². The topological polar surface area (TPSA) is 53.0 Å². The van der Waals surface area contributed by atoms with E-state index < -0.39 is 0 Å². The monoisotopic (exact) mass is 272 g/mol. The number of nitrogens with zero attached hydrogens (tertiary/aromatic N) is 2. The van der Waals surface area contributed by atoms with Gasteiger partial charge in [0.05, 0.1) is 11.1 Å². The van der Waals surface area contributed by atoms with E-state index in [9.17, 15) is 5.21 Å². The van der Waals surface area contributed by atoms with Gasteiger partial charge in [0.1, 0.15) is 0 Å². The maximum Gasteiger partial charge on any atom is 0.383 e. The van der Waals surface area contributed by atoms with Gasteiger partial charge in [0, 0.05) is 5.02 Å². The van der Waals surface area contributed by atoms with Crippen LogP contribution in [-0.2, 0) is 0 Å². The predicted octanol–water partition coefficient (Wildman–Crippen LogP) is 3.30. The standard InChI is InChI=1S/C14H9ClN2O2/c15-12-8-6-11(7-9-12)14-17(18)13(16-19-14)10-4-2-1-3-5-10/h1-9H. The number of benzene rings is 2. The summed E-state index contributed by atoms with van der Waals surface area (Å²) in [6.07, 6.45) is 0. The van der Waals surface area contributed by atoms with Gasteiger partial charge < -0.3 is 5.21 Å². The van der Waals surface area contributed by atoms with Gasteiger partial charge in [-0.15, -0.1) is 0 Å². The molecule has 0 atom stereocenters. The highest BCUT2D eigenvalue weighted by Crippen LogP contribution is 2.21. The summed E-state index contributed by atoms with van der Waals surface area (Å²) >= 11 is 5.81. The van der Waals surface area contributed by atoms with Crippen LogP contribution in [0.4, 0.5) is 0 Å². The quantitative estimate of drug-likeness (QED) is 0.531. The lowest BCUT2D eigenvalue weighted by molar-refractivity contribution is -0.585. The molecule has 19 heavy (non-hydrogen) atoms. The Balaban J connectivity index is 2.06. The summed E-state index contributed by atoms with van der Waals surface area (Å²) in [5.41, 5.74) is 1.34. The average molecular weight is 273 g/mol. The van der Waals surface area contributed by atoms with Crippen LogP contribution in [0, 0.1) is 5.21 Å². The predicted molar refractivity (Wildman–Crippen MR) is 71.3 cm³/mol. The molecule has 0 amide bonds. The van der Waals surface area contributed by atoms with Crippen molar-refractivity contribution in [2.45, 2.75) is 0 Å². The van der Waals surface area contributed by atoms with E-state index in [1.165, 1.54) is 0 Å². The van der Waals surface area contributed by atoms with Crippen molar-refractivity contribution in [2.24, 2.45) is 0 Å². The molecule has 0 N–H and O–H groups in total. The lowest BCUT2D eigenvalue weighted by Gasteiger charge is -2.01. The zero-order valence-corrected chi connectivity index (χ0v) is 10.5. The summed E-state index contributed by atoms with van der Waals surface area (Å²) in [6, 6.07) is 16.0. The van der Waals surface area contributed by atoms with Crippen molar-refractivity contribution >= 4 is 11.6 Å². The second kappa shape index (κ2) is 4.74. The third-order valence-electron chi connectivity index (χ3n) is 2.72. The maximum atomic E-state index is 12.2. The second-order valence-electron chi connectivity index (χ2n) is 3.98. The fourth-order valence-electron chi connectivity index (χ4n) is 1.78. The van der Waals surface area contributed by atoms with E-state index in [4.69, 9.17) is 16.1 Å². The van der Waals surface area contributed by atoms with Crippen LogP contribution in [0.3, 0.4) is 0 Å². The third-order valence-corrected chi connectivity index (χ3v) is 2.97. The van der Waals surface area contributed by atoms with Gasteiger partial charge in [-0.1, -0.05) is 29.8 Å². The van der Waals surface area contributed by atoms with Crippen molar-refractivity contribution in [1.82, 2.24) is 5.16 Å². The number of hydrogen-bond acceptors (Lipinski definition) is 3. The Morgan fingerprint density at radius 2 is 1.63 bits per heavy atom. The zero-order chi connectivity index (χ0) is 13.2. The van der Waals surface area contributed by atoms with Gasteiger partial charge in [0.2, 0.25) is 0 Å². The Morgan fingerprint density at radius 3 is 2.32 bits per heavy atom. The summed E-state index contributed by atoms with van der Waals surface area (Å²) in [5, 5.41) is 16.6. The third kappa shape index (κ3) is 2.18. The molecule has 0 saturated heterocycles. The SMILES string of the molecule is [O-][n+]1c(-c2ccccc2)noc1-c1ccc(Cl)cc1. The van der Waals surface area contributed by atoms with E-state index in [1.807, 2.05) is 18.2 Å². The maximum absolute atomic E-state index is 12.2. The van der Waals surface area contributed by atoms with Gasteiger partial charge in [0.25, 0.3) is 0 Å². The van der Waals surface area contributed by atoms with E-state index in [-0.39, 0.29) is 11.7 Å². The first kappa shape index (κ1) is 11.7. The van der Waals surface area contributed by atoms with Crippen LogP contribution >= 0.6 is 11.6 Å². The lowest BCUT2D eigenvalue weighted by Crippen LogP contribution is -2.29. The normalized spacial score (nSPS) is 10.6. The highest BCUT2D eigenvalue weighted by Gasteiger charge is 2.22. The Kier molecular flexibility index (Phi) is 2.93. The molecule has 4 nitrogen and oxygen atoms in total. The van der Waals surface area contributed by atoms with Crippen molar-refractivity contribution in [2.75, 3.05) is 0 Å². The largest absolute Gasteiger partial charge is 0.708 e. The molecule has 3 rings (SSSR count). The number of halogens is 1. The van der Waals surface area contributed by atoms with Crippen molar-refractivity contribution in [3.8, 4) is 22.8 Å². The molecule has 0 aliphatic heterocycles. The number of aromatic nitrogens is 2. The van der Waals surface area contributed by atoms with Gasteiger partial charge in [-0.25, -0.2) is 4.52 Å². The van der Waals surface area contributed by atoms with Crippen LogP contribution in [0.2, 0.25) is 5.02 Å².